The van der Waals surface area contributed by atoms with E-state index in [9.17, 15) is 4.79 Å². The number of carbonyl (C=O) groups is 1. The second-order valence-electron chi connectivity index (χ2n) is 3.80. The number of furan rings is 1. The molecule has 19 heavy (non-hydrogen) atoms. The molecule has 0 spiro atoms. The van der Waals surface area contributed by atoms with Gasteiger partial charge in [-0.25, -0.2) is 9.97 Å². The average Bonchev–Trinajstić information content (AvgIpc) is 2.85. The van der Waals surface area contributed by atoms with Gasteiger partial charge >= 0.3 is 0 Å². The first-order valence-corrected chi connectivity index (χ1v) is 5.87. The van der Waals surface area contributed by atoms with E-state index < -0.39 is 0 Å². The number of anilines is 1. The number of aromatic nitrogens is 2. The van der Waals surface area contributed by atoms with E-state index in [1.807, 2.05) is 18.2 Å². The number of para-hydroxylation sites is 1. The third-order valence-corrected chi connectivity index (χ3v) is 2.89. The van der Waals surface area contributed by atoms with Crippen LogP contribution in [0.1, 0.15) is 10.4 Å². The Morgan fingerprint density at radius 3 is 2.84 bits per heavy atom. The molecule has 5 nitrogen and oxygen atoms in total. The van der Waals surface area contributed by atoms with Crippen molar-refractivity contribution < 1.29 is 9.21 Å². The molecule has 0 atom stereocenters. The van der Waals surface area contributed by atoms with Crippen LogP contribution in [0.3, 0.4) is 0 Å². The fourth-order valence-corrected chi connectivity index (χ4v) is 1.89. The SMILES string of the molecule is O=C(Nc1nccnc1Cl)c1coc2ccccc12. The Bertz CT molecular complexity index is 754. The molecule has 6 heteroatoms. The van der Waals surface area contributed by atoms with E-state index in [-0.39, 0.29) is 16.9 Å². The lowest BCUT2D eigenvalue weighted by Crippen LogP contribution is -2.13. The van der Waals surface area contributed by atoms with Crippen molar-refractivity contribution in [3.63, 3.8) is 0 Å². The van der Waals surface area contributed by atoms with Crippen LogP contribution in [0.15, 0.2) is 47.3 Å². The lowest BCUT2D eigenvalue weighted by atomic mass is 10.1. The lowest BCUT2D eigenvalue weighted by Gasteiger charge is -2.03. The topological polar surface area (TPSA) is 68.0 Å². The number of hydrogen-bond donors (Lipinski definition) is 1. The summed E-state index contributed by atoms with van der Waals surface area (Å²) in [6.07, 6.45) is 4.31. The van der Waals surface area contributed by atoms with Gasteiger partial charge in [0, 0.05) is 17.8 Å². The van der Waals surface area contributed by atoms with Gasteiger partial charge in [-0.15, -0.1) is 0 Å². The number of nitrogens with one attached hydrogen (secondary N) is 1. The Balaban J connectivity index is 1.95. The molecule has 0 aliphatic rings. The molecular weight excluding hydrogens is 266 g/mol. The molecule has 94 valence electrons. The van der Waals surface area contributed by atoms with Crippen LogP contribution < -0.4 is 5.32 Å². The van der Waals surface area contributed by atoms with Gasteiger partial charge in [-0.3, -0.25) is 4.79 Å². The maximum Gasteiger partial charge on any atom is 0.260 e. The number of amides is 1. The summed E-state index contributed by atoms with van der Waals surface area (Å²) in [6.45, 7) is 0. The molecule has 0 radical (unpaired) electrons. The molecule has 0 fully saturated rings. The Morgan fingerprint density at radius 2 is 2.00 bits per heavy atom. The number of rotatable bonds is 2. The van der Waals surface area contributed by atoms with E-state index in [1.54, 1.807) is 6.07 Å². The number of hydrogen-bond acceptors (Lipinski definition) is 4. The maximum absolute atomic E-state index is 12.1. The van der Waals surface area contributed by atoms with Crippen molar-refractivity contribution in [3.05, 3.63) is 53.6 Å². The molecule has 2 aromatic heterocycles. The summed E-state index contributed by atoms with van der Waals surface area (Å²) in [6, 6.07) is 7.28. The van der Waals surface area contributed by atoms with Gasteiger partial charge in [-0.1, -0.05) is 29.8 Å². The van der Waals surface area contributed by atoms with Crippen molar-refractivity contribution in [1.82, 2.24) is 9.97 Å². The van der Waals surface area contributed by atoms with Crippen LogP contribution in [0.25, 0.3) is 11.0 Å². The number of benzene rings is 1. The predicted octanol–water partition coefficient (Wildman–Crippen LogP) is 3.13. The summed E-state index contributed by atoms with van der Waals surface area (Å²) in [7, 11) is 0. The van der Waals surface area contributed by atoms with Gasteiger partial charge in [-0.05, 0) is 6.07 Å². The molecule has 0 bridgehead atoms. The highest BCUT2D eigenvalue weighted by atomic mass is 35.5. The molecule has 0 saturated heterocycles. The average molecular weight is 274 g/mol. The molecule has 1 N–H and O–H groups in total. The van der Waals surface area contributed by atoms with Crippen LogP contribution in [0.5, 0.6) is 0 Å². The van der Waals surface area contributed by atoms with Crippen LogP contribution in [0.4, 0.5) is 5.82 Å². The Labute approximate surface area is 113 Å². The maximum atomic E-state index is 12.1. The molecule has 3 rings (SSSR count). The van der Waals surface area contributed by atoms with E-state index in [0.717, 1.165) is 5.39 Å². The fourth-order valence-electron chi connectivity index (χ4n) is 1.73. The first-order chi connectivity index (χ1) is 9.25. The second-order valence-corrected chi connectivity index (χ2v) is 4.15. The lowest BCUT2D eigenvalue weighted by molar-refractivity contribution is 0.102. The zero-order valence-electron chi connectivity index (χ0n) is 9.63. The van der Waals surface area contributed by atoms with E-state index in [0.29, 0.717) is 11.1 Å². The molecule has 0 aliphatic heterocycles. The molecule has 1 amide bonds. The number of carbonyl (C=O) groups excluding carboxylic acids is 1. The molecule has 0 unspecified atom stereocenters. The molecule has 2 heterocycles. The fraction of sp³-hybridized carbons (Fsp3) is 0. The standard InChI is InChI=1S/C13H8ClN3O2/c14-11-12(16-6-5-15-11)17-13(18)9-7-19-10-4-2-1-3-8(9)10/h1-7H,(H,16,17,18). The second kappa shape index (κ2) is 4.70. The van der Waals surface area contributed by atoms with Crippen molar-refractivity contribution >= 4 is 34.3 Å². The third-order valence-electron chi connectivity index (χ3n) is 2.61. The summed E-state index contributed by atoms with van der Waals surface area (Å²) in [4.78, 5) is 19.9. The molecule has 1 aromatic carbocycles. The van der Waals surface area contributed by atoms with Gasteiger partial charge in [0.2, 0.25) is 0 Å². The summed E-state index contributed by atoms with van der Waals surface area (Å²) < 4.78 is 5.31. The molecule has 0 aliphatic carbocycles. The van der Waals surface area contributed by atoms with Gasteiger partial charge < -0.3 is 9.73 Å². The summed E-state index contributed by atoms with van der Waals surface area (Å²) >= 11 is 5.84. The minimum absolute atomic E-state index is 0.142. The Morgan fingerprint density at radius 1 is 1.21 bits per heavy atom. The van der Waals surface area contributed by atoms with E-state index in [1.165, 1.54) is 18.7 Å². The zero-order valence-corrected chi connectivity index (χ0v) is 10.4. The quantitative estimate of drug-likeness (QED) is 0.779. The van der Waals surface area contributed by atoms with Crippen LogP contribution >= 0.6 is 11.6 Å². The van der Waals surface area contributed by atoms with E-state index in [4.69, 9.17) is 16.0 Å². The third kappa shape index (κ3) is 2.15. The molecular formula is C13H8ClN3O2. The highest BCUT2D eigenvalue weighted by molar-refractivity contribution is 6.32. The van der Waals surface area contributed by atoms with Crippen molar-refractivity contribution in [3.8, 4) is 0 Å². The highest BCUT2D eigenvalue weighted by Gasteiger charge is 2.15. The highest BCUT2D eigenvalue weighted by Crippen LogP contribution is 2.22. The first kappa shape index (κ1) is 11.7. The first-order valence-electron chi connectivity index (χ1n) is 5.50. The van der Waals surface area contributed by atoms with Crippen LogP contribution in [0, 0.1) is 0 Å². The summed E-state index contributed by atoms with van der Waals surface area (Å²) in [5, 5.41) is 3.48. The van der Waals surface area contributed by atoms with E-state index >= 15 is 0 Å². The van der Waals surface area contributed by atoms with Gasteiger partial charge in [0.25, 0.3) is 5.91 Å². The van der Waals surface area contributed by atoms with Crippen LogP contribution in [-0.2, 0) is 0 Å². The number of fused-ring (bicyclic) bond motifs is 1. The molecule has 3 aromatic rings. The largest absolute Gasteiger partial charge is 0.463 e. The van der Waals surface area contributed by atoms with Crippen molar-refractivity contribution in [1.29, 1.82) is 0 Å². The van der Waals surface area contributed by atoms with Crippen LogP contribution in [-0.4, -0.2) is 15.9 Å². The number of halogens is 1. The van der Waals surface area contributed by atoms with Crippen molar-refractivity contribution in [2.45, 2.75) is 0 Å². The normalized spacial score (nSPS) is 10.6. The zero-order chi connectivity index (χ0) is 13.2. The predicted molar refractivity (Wildman–Crippen MR) is 71.2 cm³/mol. The molecule has 0 saturated carbocycles. The smallest absolute Gasteiger partial charge is 0.260 e. The van der Waals surface area contributed by atoms with Gasteiger partial charge in [0.15, 0.2) is 11.0 Å². The minimum atomic E-state index is -0.340. The van der Waals surface area contributed by atoms with Crippen LogP contribution in [0.2, 0.25) is 5.15 Å². The van der Waals surface area contributed by atoms with Crippen molar-refractivity contribution in [2.24, 2.45) is 0 Å². The Kier molecular flexibility index (Phi) is 2.89. The number of nitrogens with zero attached hydrogens (tertiary/aromatic N) is 2. The Hall–Kier alpha value is -2.40. The van der Waals surface area contributed by atoms with Gasteiger partial charge in [0.1, 0.15) is 11.8 Å². The van der Waals surface area contributed by atoms with E-state index in [2.05, 4.69) is 15.3 Å². The summed E-state index contributed by atoms with van der Waals surface area (Å²) in [5.74, 6) is -0.119. The monoisotopic (exact) mass is 273 g/mol. The minimum Gasteiger partial charge on any atom is -0.463 e. The van der Waals surface area contributed by atoms with Crippen molar-refractivity contribution in [2.75, 3.05) is 5.32 Å². The summed E-state index contributed by atoms with van der Waals surface area (Å²) in [5.41, 5.74) is 1.08. The van der Waals surface area contributed by atoms with Gasteiger partial charge in [-0.2, -0.15) is 0 Å². The van der Waals surface area contributed by atoms with Gasteiger partial charge in [0.05, 0.1) is 5.56 Å².